The van der Waals surface area contributed by atoms with Gasteiger partial charge in [0.15, 0.2) is 5.82 Å². The summed E-state index contributed by atoms with van der Waals surface area (Å²) in [5, 5.41) is 7.86. The van der Waals surface area contributed by atoms with Crippen LogP contribution in [0.4, 0.5) is 5.69 Å². The van der Waals surface area contributed by atoms with Crippen LogP contribution in [0.15, 0.2) is 38.2 Å². The van der Waals surface area contributed by atoms with Crippen LogP contribution in [0.1, 0.15) is 17.3 Å². The summed E-state index contributed by atoms with van der Waals surface area (Å²) in [4.78, 5) is 5.38. The summed E-state index contributed by atoms with van der Waals surface area (Å²) in [6.45, 7) is 3.66. The zero-order valence-electron chi connectivity index (χ0n) is 11.7. The molecule has 0 saturated heterocycles. The number of benzene rings is 1. The Morgan fingerprint density at radius 3 is 2.67 bits per heavy atom. The van der Waals surface area contributed by atoms with E-state index in [9.17, 15) is 0 Å². The lowest BCUT2D eigenvalue weighted by atomic mass is 10.2. The molecule has 0 fully saturated rings. The van der Waals surface area contributed by atoms with E-state index in [0.29, 0.717) is 23.2 Å². The highest BCUT2D eigenvalue weighted by Crippen LogP contribution is 2.29. The molecule has 6 nitrogen and oxygen atoms in total. The van der Waals surface area contributed by atoms with Crippen LogP contribution in [-0.4, -0.2) is 15.3 Å². The largest absolute Gasteiger partial charge is 0.398 e. The Balaban J connectivity index is 1.76. The summed E-state index contributed by atoms with van der Waals surface area (Å²) < 4.78 is 10.4. The molecule has 0 unspecified atom stereocenters. The fourth-order valence-electron chi connectivity index (χ4n) is 1.96. The summed E-state index contributed by atoms with van der Waals surface area (Å²) in [5.41, 5.74) is 8.15. The van der Waals surface area contributed by atoms with Crippen LogP contribution in [0.25, 0.3) is 11.5 Å². The van der Waals surface area contributed by atoms with Gasteiger partial charge in [0.05, 0.1) is 11.4 Å². The monoisotopic (exact) mass is 302 g/mol. The number of para-hydroxylation sites is 1. The molecule has 0 spiro atoms. The zero-order chi connectivity index (χ0) is 14.8. The number of nitrogens with two attached hydrogens (primary N) is 1. The number of nitrogens with zero attached hydrogens (tertiary/aromatic N) is 3. The fourth-order valence-corrected chi connectivity index (χ4v) is 2.77. The number of hydrogen-bond donors (Lipinski definition) is 1. The number of nitrogen functional groups attached to an aromatic ring is 1. The number of aromatic nitrogens is 3. The molecule has 0 radical (unpaired) electrons. The quantitative estimate of drug-likeness (QED) is 0.584. The Kier molecular flexibility index (Phi) is 3.66. The van der Waals surface area contributed by atoms with Gasteiger partial charge in [0.1, 0.15) is 11.3 Å². The first-order valence-electron chi connectivity index (χ1n) is 6.38. The third-order valence-corrected chi connectivity index (χ3v) is 4.08. The molecule has 2 N–H and O–H groups in total. The maximum absolute atomic E-state index is 5.90. The van der Waals surface area contributed by atoms with Crippen LogP contribution >= 0.6 is 11.8 Å². The molecule has 2 heterocycles. The van der Waals surface area contributed by atoms with Crippen LogP contribution in [0.5, 0.6) is 0 Å². The van der Waals surface area contributed by atoms with Gasteiger partial charge in [-0.2, -0.15) is 4.98 Å². The van der Waals surface area contributed by atoms with Gasteiger partial charge in [-0.05, 0) is 26.0 Å². The van der Waals surface area contributed by atoms with Gasteiger partial charge in [0, 0.05) is 10.6 Å². The predicted octanol–water partition coefficient (Wildman–Crippen LogP) is 3.22. The van der Waals surface area contributed by atoms with Crippen LogP contribution in [0.3, 0.4) is 0 Å². The van der Waals surface area contributed by atoms with Crippen molar-refractivity contribution >= 4 is 17.4 Å². The van der Waals surface area contributed by atoms with Gasteiger partial charge in [-0.25, -0.2) is 0 Å². The Morgan fingerprint density at radius 1 is 1.14 bits per heavy atom. The van der Waals surface area contributed by atoms with Crippen molar-refractivity contribution in [3.8, 4) is 11.5 Å². The lowest BCUT2D eigenvalue weighted by Gasteiger charge is -2.01. The lowest BCUT2D eigenvalue weighted by Crippen LogP contribution is -1.89. The molecule has 0 saturated carbocycles. The van der Waals surface area contributed by atoms with Crippen molar-refractivity contribution < 1.29 is 9.05 Å². The van der Waals surface area contributed by atoms with E-state index >= 15 is 0 Å². The summed E-state index contributed by atoms with van der Waals surface area (Å²) >= 11 is 1.57. The summed E-state index contributed by atoms with van der Waals surface area (Å²) in [6, 6.07) is 7.69. The SMILES string of the molecule is Cc1noc(C)c1-c1nc(CSc2ccccc2N)no1. The second kappa shape index (κ2) is 5.61. The first-order valence-corrected chi connectivity index (χ1v) is 7.37. The second-order valence-electron chi connectivity index (χ2n) is 4.54. The highest BCUT2D eigenvalue weighted by molar-refractivity contribution is 7.98. The summed E-state index contributed by atoms with van der Waals surface area (Å²) in [5.74, 6) is 2.30. The van der Waals surface area contributed by atoms with E-state index in [1.807, 2.05) is 38.1 Å². The van der Waals surface area contributed by atoms with E-state index in [4.69, 9.17) is 14.8 Å². The van der Waals surface area contributed by atoms with Crippen molar-refractivity contribution in [1.29, 1.82) is 0 Å². The number of hydrogen-bond acceptors (Lipinski definition) is 7. The van der Waals surface area contributed by atoms with E-state index in [1.165, 1.54) is 0 Å². The van der Waals surface area contributed by atoms with E-state index in [-0.39, 0.29) is 0 Å². The molecule has 3 aromatic rings. The van der Waals surface area contributed by atoms with Crippen molar-refractivity contribution in [2.75, 3.05) is 5.73 Å². The zero-order valence-corrected chi connectivity index (χ0v) is 12.5. The van der Waals surface area contributed by atoms with Crippen LogP contribution in [-0.2, 0) is 5.75 Å². The predicted molar refractivity (Wildman–Crippen MR) is 79.7 cm³/mol. The fraction of sp³-hybridized carbons (Fsp3) is 0.214. The minimum Gasteiger partial charge on any atom is -0.398 e. The van der Waals surface area contributed by atoms with Gasteiger partial charge in [-0.3, -0.25) is 0 Å². The molecule has 0 aliphatic rings. The van der Waals surface area contributed by atoms with Gasteiger partial charge in [0.25, 0.3) is 5.89 Å². The van der Waals surface area contributed by atoms with Gasteiger partial charge in [-0.1, -0.05) is 22.4 Å². The van der Waals surface area contributed by atoms with Crippen molar-refractivity contribution in [1.82, 2.24) is 15.3 Å². The normalized spacial score (nSPS) is 11.0. The highest BCUT2D eigenvalue weighted by atomic mass is 32.2. The minimum atomic E-state index is 0.433. The van der Waals surface area contributed by atoms with Gasteiger partial charge in [0.2, 0.25) is 0 Å². The average Bonchev–Trinajstić information content (AvgIpc) is 3.05. The van der Waals surface area contributed by atoms with Crippen LogP contribution in [0.2, 0.25) is 0 Å². The van der Waals surface area contributed by atoms with Gasteiger partial charge >= 0.3 is 0 Å². The van der Waals surface area contributed by atoms with E-state index in [1.54, 1.807) is 11.8 Å². The first kappa shape index (κ1) is 13.7. The highest BCUT2D eigenvalue weighted by Gasteiger charge is 2.18. The Labute approximate surface area is 125 Å². The molecule has 1 aromatic carbocycles. The smallest absolute Gasteiger partial charge is 0.263 e. The van der Waals surface area contributed by atoms with Gasteiger partial charge in [-0.15, -0.1) is 11.8 Å². The second-order valence-corrected chi connectivity index (χ2v) is 5.56. The topological polar surface area (TPSA) is 91.0 Å². The maximum atomic E-state index is 5.90. The lowest BCUT2D eigenvalue weighted by molar-refractivity contribution is 0.392. The van der Waals surface area contributed by atoms with E-state index in [2.05, 4.69) is 15.3 Å². The molecule has 0 atom stereocenters. The minimum absolute atomic E-state index is 0.433. The first-order chi connectivity index (χ1) is 10.1. The van der Waals surface area contributed by atoms with Crippen LogP contribution in [0, 0.1) is 13.8 Å². The Bertz CT molecular complexity index is 746. The number of thioether (sulfide) groups is 1. The van der Waals surface area contributed by atoms with Crippen LogP contribution < -0.4 is 5.73 Å². The molecule has 3 rings (SSSR count). The van der Waals surface area contributed by atoms with Crippen molar-refractivity contribution in [3.05, 3.63) is 41.5 Å². The van der Waals surface area contributed by atoms with Crippen molar-refractivity contribution in [2.45, 2.75) is 24.5 Å². The number of rotatable bonds is 4. The van der Waals surface area contributed by atoms with Crippen molar-refractivity contribution in [2.24, 2.45) is 0 Å². The third-order valence-electron chi connectivity index (χ3n) is 2.99. The molecule has 2 aromatic heterocycles. The third kappa shape index (κ3) is 2.78. The molecule has 7 heteroatoms. The molecule has 0 bridgehead atoms. The molecule has 0 aliphatic heterocycles. The van der Waals surface area contributed by atoms with E-state index in [0.717, 1.165) is 21.8 Å². The summed E-state index contributed by atoms with van der Waals surface area (Å²) in [7, 11) is 0. The number of aryl methyl sites for hydroxylation is 2. The summed E-state index contributed by atoms with van der Waals surface area (Å²) in [6.07, 6.45) is 0. The standard InChI is InChI=1S/C14H14N4O2S/c1-8-13(9(2)19-17-8)14-16-12(18-20-14)7-21-11-6-4-3-5-10(11)15/h3-6H,7,15H2,1-2H3. The molecular formula is C14H14N4O2S. The maximum Gasteiger partial charge on any atom is 0.263 e. The Hall–Kier alpha value is -2.28. The Morgan fingerprint density at radius 2 is 1.95 bits per heavy atom. The number of anilines is 1. The van der Waals surface area contributed by atoms with Crippen molar-refractivity contribution in [3.63, 3.8) is 0 Å². The average molecular weight is 302 g/mol. The molecule has 21 heavy (non-hydrogen) atoms. The molecule has 108 valence electrons. The van der Waals surface area contributed by atoms with Gasteiger partial charge < -0.3 is 14.8 Å². The molecular weight excluding hydrogens is 288 g/mol. The molecule has 0 aliphatic carbocycles. The molecule has 0 amide bonds. The van der Waals surface area contributed by atoms with E-state index < -0.39 is 0 Å².